The van der Waals surface area contributed by atoms with E-state index in [0.29, 0.717) is 24.1 Å². The van der Waals surface area contributed by atoms with Crippen molar-refractivity contribution in [2.24, 2.45) is 0 Å². The van der Waals surface area contributed by atoms with Crippen LogP contribution in [0.1, 0.15) is 42.1 Å². The lowest BCUT2D eigenvalue weighted by molar-refractivity contribution is -0.140. The van der Waals surface area contributed by atoms with Crippen LogP contribution in [0.2, 0.25) is 0 Å². The van der Waals surface area contributed by atoms with Crippen LogP contribution in [0.4, 0.5) is 4.39 Å². The number of Topliss-reactive ketones (excluding diaryl/α,β-unsaturated/α-hetero) is 1. The molecule has 1 unspecified atom stereocenters. The summed E-state index contributed by atoms with van der Waals surface area (Å²) in [5, 5.41) is 3.13. The molecule has 116 valence electrons. The lowest BCUT2D eigenvalue weighted by Gasteiger charge is -2.17. The summed E-state index contributed by atoms with van der Waals surface area (Å²) in [5.74, 6) is -0.809. The predicted octanol–water partition coefficient (Wildman–Crippen LogP) is 2.64. The first kappa shape index (κ1) is 17.3. The maximum Gasteiger partial charge on any atom is 0.305 e. The molecule has 0 heterocycles. The van der Waals surface area contributed by atoms with Gasteiger partial charge in [0.05, 0.1) is 13.2 Å². The van der Waals surface area contributed by atoms with Gasteiger partial charge in [-0.25, -0.2) is 4.39 Å². The molecular formula is C16H22FNO3. The number of halogens is 1. The molecule has 1 N–H and O–H groups in total. The second-order valence-electron chi connectivity index (χ2n) is 4.95. The third-order valence-electron chi connectivity index (χ3n) is 3.26. The minimum atomic E-state index is -0.464. The van der Waals surface area contributed by atoms with Gasteiger partial charge >= 0.3 is 5.97 Å². The molecule has 1 rings (SSSR count). The average Bonchev–Trinajstić information content (AvgIpc) is 2.49. The maximum atomic E-state index is 13.3. The summed E-state index contributed by atoms with van der Waals surface area (Å²) in [6, 6.07) is 3.84. The van der Waals surface area contributed by atoms with Crippen LogP contribution in [0.15, 0.2) is 18.2 Å². The van der Waals surface area contributed by atoms with Gasteiger partial charge in [-0.1, -0.05) is 6.92 Å². The van der Waals surface area contributed by atoms with Crippen LogP contribution in [0.5, 0.6) is 0 Å². The Bertz CT molecular complexity index is 502. The van der Waals surface area contributed by atoms with E-state index in [-0.39, 0.29) is 24.0 Å². The van der Waals surface area contributed by atoms with Crippen molar-refractivity contribution >= 4 is 11.8 Å². The van der Waals surface area contributed by atoms with Gasteiger partial charge < -0.3 is 10.1 Å². The number of benzene rings is 1. The monoisotopic (exact) mass is 295 g/mol. The van der Waals surface area contributed by atoms with E-state index < -0.39 is 6.04 Å². The lowest BCUT2D eigenvalue weighted by Crippen LogP contribution is -2.37. The molecule has 0 saturated heterocycles. The Morgan fingerprint density at radius 3 is 2.67 bits per heavy atom. The summed E-state index contributed by atoms with van der Waals surface area (Å²) >= 11 is 0. The lowest BCUT2D eigenvalue weighted by atomic mass is 9.98. The van der Waals surface area contributed by atoms with Gasteiger partial charge in [-0.2, -0.15) is 0 Å². The summed E-state index contributed by atoms with van der Waals surface area (Å²) in [4.78, 5) is 23.7. The van der Waals surface area contributed by atoms with Gasteiger partial charge in [0, 0.05) is 12.0 Å². The highest BCUT2D eigenvalue weighted by Gasteiger charge is 2.21. The molecule has 1 atom stereocenters. The number of carbonyl (C=O) groups excluding carboxylic acids is 2. The first-order valence-electron chi connectivity index (χ1n) is 7.10. The van der Waals surface area contributed by atoms with E-state index in [9.17, 15) is 14.0 Å². The summed E-state index contributed by atoms with van der Waals surface area (Å²) in [5.41, 5.74) is 0.885. The third-order valence-corrected chi connectivity index (χ3v) is 3.26. The number of hydrogen-bond acceptors (Lipinski definition) is 4. The topological polar surface area (TPSA) is 55.4 Å². The van der Waals surface area contributed by atoms with Crippen molar-refractivity contribution < 1.29 is 18.7 Å². The fraction of sp³-hybridized carbons (Fsp3) is 0.500. The average molecular weight is 295 g/mol. The SMILES string of the molecule is CCCNC(CCC(=O)OC)C(=O)c1ccc(F)c(C)c1. The van der Waals surface area contributed by atoms with Gasteiger partial charge in [0.25, 0.3) is 0 Å². The molecule has 0 aliphatic heterocycles. The number of ether oxygens (including phenoxy) is 1. The Hall–Kier alpha value is -1.75. The molecule has 0 spiro atoms. The van der Waals surface area contributed by atoms with E-state index in [0.717, 1.165) is 6.42 Å². The highest BCUT2D eigenvalue weighted by Crippen LogP contribution is 2.13. The molecule has 0 saturated carbocycles. The highest BCUT2D eigenvalue weighted by atomic mass is 19.1. The normalized spacial score (nSPS) is 12.0. The van der Waals surface area contributed by atoms with Gasteiger partial charge in [-0.15, -0.1) is 0 Å². The highest BCUT2D eigenvalue weighted by molar-refractivity contribution is 6.00. The summed E-state index contributed by atoms with van der Waals surface area (Å²) in [7, 11) is 1.32. The van der Waals surface area contributed by atoms with Gasteiger partial charge in [-0.05, 0) is 50.1 Å². The van der Waals surface area contributed by atoms with Crippen molar-refractivity contribution in [3.05, 3.63) is 35.1 Å². The number of ketones is 1. The maximum absolute atomic E-state index is 13.3. The Balaban J connectivity index is 2.82. The third kappa shape index (κ3) is 5.27. The van der Waals surface area contributed by atoms with Crippen molar-refractivity contribution in [2.75, 3.05) is 13.7 Å². The van der Waals surface area contributed by atoms with Crippen molar-refractivity contribution in [1.82, 2.24) is 5.32 Å². The Kier molecular flexibility index (Phi) is 7.02. The number of aryl methyl sites for hydroxylation is 1. The van der Waals surface area contributed by atoms with Crippen molar-refractivity contribution in [3.63, 3.8) is 0 Å². The number of rotatable bonds is 8. The Labute approximate surface area is 124 Å². The van der Waals surface area contributed by atoms with Gasteiger partial charge in [0.1, 0.15) is 5.82 Å². The fourth-order valence-corrected chi connectivity index (χ4v) is 2.01. The standard InChI is InChI=1S/C16H22FNO3/c1-4-9-18-14(7-8-15(19)21-3)16(20)12-5-6-13(17)11(2)10-12/h5-6,10,14,18H,4,7-9H2,1-3H3. The number of methoxy groups -OCH3 is 1. The second-order valence-corrected chi connectivity index (χ2v) is 4.95. The molecule has 0 aliphatic rings. The summed E-state index contributed by atoms with van der Waals surface area (Å²) in [6.07, 6.45) is 1.41. The van der Waals surface area contributed by atoms with Crippen LogP contribution in [0.25, 0.3) is 0 Å². The zero-order valence-corrected chi connectivity index (χ0v) is 12.7. The zero-order chi connectivity index (χ0) is 15.8. The quantitative estimate of drug-likeness (QED) is 0.592. The molecule has 4 nitrogen and oxygen atoms in total. The molecule has 0 aliphatic carbocycles. The molecular weight excluding hydrogens is 273 g/mol. The van der Waals surface area contributed by atoms with Crippen molar-refractivity contribution in [2.45, 2.75) is 39.2 Å². The smallest absolute Gasteiger partial charge is 0.305 e. The van der Waals surface area contributed by atoms with Crippen LogP contribution >= 0.6 is 0 Å². The van der Waals surface area contributed by atoms with Crippen molar-refractivity contribution in [1.29, 1.82) is 0 Å². The molecule has 1 aromatic carbocycles. The van der Waals surface area contributed by atoms with Crippen LogP contribution in [0, 0.1) is 12.7 Å². The molecule has 0 radical (unpaired) electrons. The van der Waals surface area contributed by atoms with E-state index in [1.165, 1.54) is 25.3 Å². The summed E-state index contributed by atoms with van der Waals surface area (Å²) < 4.78 is 17.9. The van der Waals surface area contributed by atoms with Gasteiger partial charge in [-0.3, -0.25) is 9.59 Å². The van der Waals surface area contributed by atoms with Crippen molar-refractivity contribution in [3.8, 4) is 0 Å². The number of nitrogens with one attached hydrogen (secondary N) is 1. The fourth-order valence-electron chi connectivity index (χ4n) is 2.01. The molecule has 5 heteroatoms. The van der Waals surface area contributed by atoms with E-state index in [1.807, 2.05) is 6.92 Å². The first-order valence-corrected chi connectivity index (χ1v) is 7.10. The molecule has 1 aromatic rings. The second kappa shape index (κ2) is 8.52. The Morgan fingerprint density at radius 2 is 2.10 bits per heavy atom. The molecule has 0 amide bonds. The van der Waals surface area contributed by atoms with Gasteiger partial charge in [0.15, 0.2) is 5.78 Å². The molecule has 0 bridgehead atoms. The van der Waals surface area contributed by atoms with E-state index >= 15 is 0 Å². The van der Waals surface area contributed by atoms with Crippen LogP contribution in [-0.2, 0) is 9.53 Å². The molecule has 0 aromatic heterocycles. The van der Waals surface area contributed by atoms with Crippen LogP contribution < -0.4 is 5.32 Å². The molecule has 0 fully saturated rings. The van der Waals surface area contributed by atoms with Crippen LogP contribution in [-0.4, -0.2) is 31.4 Å². The predicted molar refractivity (Wildman–Crippen MR) is 78.8 cm³/mol. The minimum Gasteiger partial charge on any atom is -0.469 e. The van der Waals surface area contributed by atoms with Crippen LogP contribution in [0.3, 0.4) is 0 Å². The zero-order valence-electron chi connectivity index (χ0n) is 12.7. The van der Waals surface area contributed by atoms with E-state index in [2.05, 4.69) is 10.1 Å². The minimum absolute atomic E-state index is 0.129. The largest absolute Gasteiger partial charge is 0.469 e. The van der Waals surface area contributed by atoms with E-state index in [4.69, 9.17) is 0 Å². The number of esters is 1. The first-order chi connectivity index (χ1) is 9.99. The number of carbonyl (C=O) groups is 2. The molecule has 21 heavy (non-hydrogen) atoms. The Morgan fingerprint density at radius 1 is 1.38 bits per heavy atom. The van der Waals surface area contributed by atoms with E-state index in [1.54, 1.807) is 6.92 Å². The summed E-state index contributed by atoms with van der Waals surface area (Å²) in [6.45, 7) is 4.30. The number of hydrogen-bond donors (Lipinski definition) is 1. The van der Waals surface area contributed by atoms with Gasteiger partial charge in [0.2, 0.25) is 0 Å².